The molecule has 0 bridgehead atoms. The van der Waals surface area contributed by atoms with Gasteiger partial charge in [-0.1, -0.05) is 0 Å². The predicted octanol–water partition coefficient (Wildman–Crippen LogP) is 2.26. The minimum atomic E-state index is -0.939. The van der Waals surface area contributed by atoms with Gasteiger partial charge in [-0.2, -0.15) is 5.26 Å². The van der Waals surface area contributed by atoms with Crippen LogP contribution in [0.3, 0.4) is 0 Å². The van der Waals surface area contributed by atoms with E-state index in [9.17, 15) is 15.4 Å². The first-order valence-corrected chi connectivity index (χ1v) is 6.45. The highest BCUT2D eigenvalue weighted by atomic mass is 16.6. The van der Waals surface area contributed by atoms with Gasteiger partial charge < -0.3 is 9.47 Å². The maximum atomic E-state index is 11.0. The highest BCUT2D eigenvalue weighted by molar-refractivity contribution is 5.50. The predicted molar refractivity (Wildman–Crippen MR) is 77.4 cm³/mol. The first-order valence-electron chi connectivity index (χ1n) is 6.45. The molecule has 0 spiro atoms. The van der Waals surface area contributed by atoms with Crippen molar-refractivity contribution in [3.63, 3.8) is 0 Å². The van der Waals surface area contributed by atoms with Gasteiger partial charge in [0.25, 0.3) is 0 Å². The number of benzene rings is 1. The second kappa shape index (κ2) is 6.90. The highest BCUT2D eigenvalue weighted by Crippen LogP contribution is 2.31. The molecular weight excluding hydrogens is 274 g/mol. The van der Waals surface area contributed by atoms with Gasteiger partial charge in [-0.3, -0.25) is 15.4 Å². The number of nitrogens with zero attached hydrogens (tertiary/aromatic N) is 2. The number of nitrogens with one attached hydrogen (secondary N) is 1. The summed E-state index contributed by atoms with van der Waals surface area (Å²) >= 11 is 0. The van der Waals surface area contributed by atoms with Crippen molar-refractivity contribution in [1.82, 2.24) is 5.32 Å². The van der Waals surface area contributed by atoms with Gasteiger partial charge in [0.1, 0.15) is 17.9 Å². The number of nitro groups is 1. The van der Waals surface area contributed by atoms with Crippen LogP contribution in [0.15, 0.2) is 18.2 Å². The van der Waals surface area contributed by atoms with Crippen molar-refractivity contribution in [2.45, 2.75) is 32.4 Å². The molecule has 0 amide bonds. The van der Waals surface area contributed by atoms with Crippen molar-refractivity contribution >= 4 is 5.69 Å². The summed E-state index contributed by atoms with van der Waals surface area (Å²) in [5, 5.41) is 23.3. The minimum Gasteiger partial charge on any atom is -0.497 e. The average molecular weight is 293 g/mol. The fraction of sp³-hybridized carbons (Fsp3) is 0.500. The van der Waals surface area contributed by atoms with E-state index in [-0.39, 0.29) is 24.1 Å². The van der Waals surface area contributed by atoms with E-state index in [0.29, 0.717) is 5.75 Å². The number of nitro benzene ring substituents is 1. The molecule has 0 aliphatic carbocycles. The van der Waals surface area contributed by atoms with E-state index < -0.39 is 10.5 Å². The molecule has 21 heavy (non-hydrogen) atoms. The lowest BCUT2D eigenvalue weighted by Gasteiger charge is -2.25. The number of methoxy groups -OCH3 is 1. The summed E-state index contributed by atoms with van der Waals surface area (Å²) in [6, 6.07) is 6.44. The van der Waals surface area contributed by atoms with Gasteiger partial charge in [-0.15, -0.1) is 0 Å². The van der Waals surface area contributed by atoms with Crippen molar-refractivity contribution in [2.24, 2.45) is 0 Å². The Kier molecular flexibility index (Phi) is 5.50. The second-order valence-electron chi connectivity index (χ2n) is 5.12. The zero-order valence-electron chi connectivity index (χ0n) is 12.5. The number of hydrogen-bond donors (Lipinski definition) is 1. The minimum absolute atomic E-state index is 0.0182. The molecule has 1 aromatic rings. The van der Waals surface area contributed by atoms with Crippen molar-refractivity contribution in [3.05, 3.63) is 28.3 Å². The maximum absolute atomic E-state index is 11.0. The van der Waals surface area contributed by atoms with E-state index >= 15 is 0 Å². The van der Waals surface area contributed by atoms with Crippen molar-refractivity contribution in [1.29, 1.82) is 5.26 Å². The Hall–Kier alpha value is -2.33. The summed E-state index contributed by atoms with van der Waals surface area (Å²) in [6.07, 6.45) is 0. The largest absolute Gasteiger partial charge is 0.497 e. The molecule has 7 nitrogen and oxygen atoms in total. The Morgan fingerprint density at radius 1 is 1.52 bits per heavy atom. The van der Waals surface area contributed by atoms with Crippen LogP contribution in [-0.2, 0) is 0 Å². The van der Waals surface area contributed by atoms with Gasteiger partial charge in [0, 0.05) is 18.2 Å². The van der Waals surface area contributed by atoms with Gasteiger partial charge in [0.15, 0.2) is 0 Å². The lowest BCUT2D eigenvalue weighted by Crippen LogP contribution is -2.49. The normalized spacial score (nSPS) is 13.3. The standard InChI is InChI=1S/C14H19N3O4/c1-10(2)16-14(3,8-15)9-21-13-7-11(20-4)5-6-12(13)17(18)19/h5-7,10,16H,9H2,1-4H3. The molecule has 1 rings (SSSR count). The quantitative estimate of drug-likeness (QED) is 0.611. The molecule has 0 saturated carbocycles. The zero-order chi connectivity index (χ0) is 16.0. The molecule has 0 aliphatic rings. The molecular formula is C14H19N3O4. The van der Waals surface area contributed by atoms with E-state index in [1.54, 1.807) is 6.92 Å². The van der Waals surface area contributed by atoms with Crippen LogP contribution in [0, 0.1) is 21.4 Å². The zero-order valence-corrected chi connectivity index (χ0v) is 12.5. The van der Waals surface area contributed by atoms with E-state index in [1.165, 1.54) is 25.3 Å². The lowest BCUT2D eigenvalue weighted by molar-refractivity contribution is -0.385. The summed E-state index contributed by atoms with van der Waals surface area (Å²) in [5.41, 5.74) is -1.11. The molecule has 114 valence electrons. The first-order chi connectivity index (χ1) is 9.81. The molecule has 0 radical (unpaired) electrons. The topological polar surface area (TPSA) is 97.4 Å². The molecule has 1 aromatic carbocycles. The number of ether oxygens (including phenoxy) is 2. The number of rotatable bonds is 7. The Bertz CT molecular complexity index is 554. The van der Waals surface area contributed by atoms with Gasteiger partial charge in [0.05, 0.1) is 18.1 Å². The van der Waals surface area contributed by atoms with E-state index in [1.807, 2.05) is 13.8 Å². The van der Waals surface area contributed by atoms with Gasteiger partial charge in [0.2, 0.25) is 5.75 Å². The number of hydrogen-bond acceptors (Lipinski definition) is 6. The Morgan fingerprint density at radius 2 is 2.19 bits per heavy atom. The SMILES string of the molecule is COc1ccc([N+](=O)[O-])c(OCC(C)(C#N)NC(C)C)c1. The van der Waals surface area contributed by atoms with Gasteiger partial charge in [-0.25, -0.2) is 0 Å². The molecule has 0 heterocycles. The number of nitriles is 1. The fourth-order valence-corrected chi connectivity index (χ4v) is 1.85. The van der Waals surface area contributed by atoms with Gasteiger partial charge in [-0.05, 0) is 26.8 Å². The Morgan fingerprint density at radius 3 is 2.67 bits per heavy atom. The summed E-state index contributed by atoms with van der Waals surface area (Å²) in [6.45, 7) is 5.47. The van der Waals surface area contributed by atoms with Gasteiger partial charge >= 0.3 is 5.69 Å². The molecule has 1 atom stereocenters. The van der Waals surface area contributed by atoms with Crippen LogP contribution in [0.1, 0.15) is 20.8 Å². The third-order valence-corrected chi connectivity index (χ3v) is 2.73. The molecule has 0 aromatic heterocycles. The summed E-state index contributed by atoms with van der Waals surface area (Å²) in [4.78, 5) is 10.5. The average Bonchev–Trinajstić information content (AvgIpc) is 2.44. The maximum Gasteiger partial charge on any atom is 0.311 e. The van der Waals surface area contributed by atoms with Crippen LogP contribution in [0.4, 0.5) is 5.69 Å². The second-order valence-corrected chi connectivity index (χ2v) is 5.12. The third-order valence-electron chi connectivity index (χ3n) is 2.73. The third kappa shape index (κ3) is 4.61. The molecule has 0 fully saturated rings. The van der Waals surface area contributed by atoms with Crippen LogP contribution in [-0.4, -0.2) is 30.2 Å². The van der Waals surface area contributed by atoms with Crippen molar-refractivity contribution in [3.8, 4) is 17.6 Å². The van der Waals surface area contributed by atoms with Crippen LogP contribution in [0.5, 0.6) is 11.5 Å². The molecule has 0 saturated heterocycles. The van der Waals surface area contributed by atoms with E-state index in [2.05, 4.69) is 11.4 Å². The first kappa shape index (κ1) is 16.7. The van der Waals surface area contributed by atoms with E-state index in [0.717, 1.165) is 0 Å². The fourth-order valence-electron chi connectivity index (χ4n) is 1.85. The molecule has 1 unspecified atom stereocenters. The van der Waals surface area contributed by atoms with Crippen LogP contribution < -0.4 is 14.8 Å². The Labute approximate surface area is 123 Å². The van der Waals surface area contributed by atoms with E-state index in [4.69, 9.17) is 9.47 Å². The van der Waals surface area contributed by atoms with Crippen LogP contribution >= 0.6 is 0 Å². The smallest absolute Gasteiger partial charge is 0.311 e. The Balaban J connectivity index is 2.96. The highest BCUT2D eigenvalue weighted by Gasteiger charge is 2.27. The summed E-state index contributed by atoms with van der Waals surface area (Å²) in [5.74, 6) is 0.525. The monoisotopic (exact) mass is 293 g/mol. The van der Waals surface area contributed by atoms with Crippen LogP contribution in [0.25, 0.3) is 0 Å². The molecule has 7 heteroatoms. The van der Waals surface area contributed by atoms with Crippen LogP contribution in [0.2, 0.25) is 0 Å². The summed E-state index contributed by atoms with van der Waals surface area (Å²) < 4.78 is 10.5. The summed E-state index contributed by atoms with van der Waals surface area (Å²) in [7, 11) is 1.46. The van der Waals surface area contributed by atoms with Crippen molar-refractivity contribution in [2.75, 3.05) is 13.7 Å². The molecule has 1 N–H and O–H groups in total. The lowest BCUT2D eigenvalue weighted by atomic mass is 10.1. The molecule has 0 aliphatic heterocycles. The van der Waals surface area contributed by atoms with Crippen molar-refractivity contribution < 1.29 is 14.4 Å².